The van der Waals surface area contributed by atoms with E-state index in [1.807, 2.05) is 0 Å². The van der Waals surface area contributed by atoms with Gasteiger partial charge in [-0.15, -0.1) is 13.2 Å². The quantitative estimate of drug-likeness (QED) is 0.417. The lowest BCUT2D eigenvalue weighted by atomic mass is 10.3. The molecule has 0 saturated heterocycles. The number of H-pyrrole nitrogens is 2. The molecule has 0 bridgehead atoms. The third kappa shape index (κ3) is 4.38. The largest absolute Gasteiger partial charge is 0.573 e. The number of ether oxygens (including phenoxy) is 1. The molecular formula is C14H8BrF3N4O3S. The van der Waals surface area contributed by atoms with Crippen LogP contribution in [-0.2, 0) is 0 Å². The Morgan fingerprint density at radius 2 is 1.77 bits per heavy atom. The summed E-state index contributed by atoms with van der Waals surface area (Å²) in [6, 6.07) is 6.72. The number of alkyl halides is 3. The van der Waals surface area contributed by atoms with Gasteiger partial charge >= 0.3 is 17.5 Å². The molecule has 0 atom stereocenters. The van der Waals surface area contributed by atoms with Gasteiger partial charge in [0.25, 0.3) is 0 Å². The summed E-state index contributed by atoms with van der Waals surface area (Å²) in [6.07, 6.45) is -4.75. The summed E-state index contributed by atoms with van der Waals surface area (Å²) in [5.41, 5.74) is -0.564. The van der Waals surface area contributed by atoms with Crippen molar-refractivity contribution in [2.24, 2.45) is 0 Å². The Labute approximate surface area is 155 Å². The van der Waals surface area contributed by atoms with Crippen LogP contribution in [-0.4, -0.2) is 21.3 Å². The summed E-state index contributed by atoms with van der Waals surface area (Å²) >= 11 is 4.36. The molecule has 0 radical (unpaired) electrons. The normalized spacial score (nSPS) is 11.5. The Balaban J connectivity index is 1.77. The van der Waals surface area contributed by atoms with E-state index < -0.39 is 17.5 Å². The van der Waals surface area contributed by atoms with Crippen LogP contribution in [0, 0.1) is 0 Å². The third-order valence-electron chi connectivity index (χ3n) is 2.98. The van der Waals surface area contributed by atoms with Crippen LogP contribution >= 0.6 is 27.9 Å². The molecule has 1 aromatic carbocycles. The first-order valence-corrected chi connectivity index (χ1v) is 8.44. The van der Waals surface area contributed by atoms with Crippen molar-refractivity contribution in [1.82, 2.24) is 15.0 Å². The summed E-state index contributed by atoms with van der Waals surface area (Å²) in [7, 11) is 0. The number of nitrogens with one attached hydrogen (secondary N) is 3. The highest BCUT2D eigenvalue weighted by atomic mass is 79.9. The third-order valence-corrected chi connectivity index (χ3v) is 4.69. The first-order chi connectivity index (χ1) is 12.2. The van der Waals surface area contributed by atoms with E-state index in [0.29, 0.717) is 20.7 Å². The van der Waals surface area contributed by atoms with E-state index in [9.17, 15) is 22.8 Å². The average Bonchev–Trinajstić information content (AvgIpc) is 2.55. The van der Waals surface area contributed by atoms with Crippen LogP contribution in [0.2, 0.25) is 0 Å². The number of anilines is 1. The van der Waals surface area contributed by atoms with E-state index in [2.05, 4.69) is 40.3 Å². The van der Waals surface area contributed by atoms with E-state index in [4.69, 9.17) is 0 Å². The van der Waals surface area contributed by atoms with Gasteiger partial charge in [-0.25, -0.2) is 4.98 Å². The first kappa shape index (κ1) is 18.3. The smallest absolute Gasteiger partial charge is 0.406 e. The van der Waals surface area contributed by atoms with Crippen molar-refractivity contribution >= 4 is 44.7 Å². The second-order valence-corrected chi connectivity index (χ2v) is 6.51. The number of aromatic nitrogens is 3. The van der Waals surface area contributed by atoms with Gasteiger partial charge in [-0.1, -0.05) is 0 Å². The van der Waals surface area contributed by atoms with Crippen LogP contribution in [0.25, 0.3) is 11.2 Å². The Hall–Kier alpha value is -2.47. The molecule has 0 spiro atoms. The van der Waals surface area contributed by atoms with Crippen molar-refractivity contribution < 1.29 is 17.9 Å². The molecule has 26 heavy (non-hydrogen) atoms. The number of fused-ring (bicyclic) bond motifs is 1. The molecule has 7 nitrogen and oxygen atoms in total. The molecule has 2 heterocycles. The maximum atomic E-state index is 12.1. The number of aromatic amines is 2. The Morgan fingerprint density at radius 3 is 2.42 bits per heavy atom. The zero-order valence-electron chi connectivity index (χ0n) is 12.5. The monoisotopic (exact) mass is 448 g/mol. The first-order valence-electron chi connectivity index (χ1n) is 6.83. The average molecular weight is 449 g/mol. The molecule has 12 heteroatoms. The lowest BCUT2D eigenvalue weighted by molar-refractivity contribution is -0.274. The van der Waals surface area contributed by atoms with Crippen LogP contribution in [0.15, 0.2) is 49.4 Å². The van der Waals surface area contributed by atoms with Gasteiger partial charge in [0.2, 0.25) is 0 Å². The van der Waals surface area contributed by atoms with Gasteiger partial charge in [-0.05, 0) is 46.3 Å². The summed E-state index contributed by atoms with van der Waals surface area (Å²) in [5.74, 6) is -0.334. The van der Waals surface area contributed by atoms with Crippen molar-refractivity contribution in [3.05, 3.63) is 55.5 Å². The van der Waals surface area contributed by atoms with Gasteiger partial charge in [0.05, 0.1) is 9.99 Å². The van der Waals surface area contributed by atoms with Crippen LogP contribution in [0.3, 0.4) is 0 Å². The Kier molecular flexibility index (Phi) is 4.96. The van der Waals surface area contributed by atoms with Gasteiger partial charge in [0.15, 0.2) is 5.65 Å². The fourth-order valence-electron chi connectivity index (χ4n) is 1.91. The van der Waals surface area contributed by atoms with Crippen molar-refractivity contribution in [3.63, 3.8) is 0 Å². The van der Waals surface area contributed by atoms with Gasteiger partial charge in [0, 0.05) is 17.6 Å². The fourth-order valence-corrected chi connectivity index (χ4v) is 3.11. The molecule has 3 rings (SSSR count). The Bertz CT molecular complexity index is 1070. The molecular weight excluding hydrogens is 441 g/mol. The van der Waals surface area contributed by atoms with Crippen molar-refractivity contribution in [3.8, 4) is 5.75 Å². The molecule has 0 unspecified atom stereocenters. The lowest BCUT2D eigenvalue weighted by Gasteiger charge is -2.10. The number of rotatable bonds is 4. The minimum absolute atomic E-state index is 0.191. The highest BCUT2D eigenvalue weighted by molar-refractivity contribution is 9.10. The molecule has 0 saturated carbocycles. The highest BCUT2D eigenvalue weighted by Crippen LogP contribution is 2.30. The molecule has 0 aliphatic heterocycles. The zero-order chi connectivity index (χ0) is 18.9. The van der Waals surface area contributed by atoms with Gasteiger partial charge < -0.3 is 19.4 Å². The number of hydrogen-bond donors (Lipinski definition) is 3. The standard InChI is InChI=1S/C14H8BrF3N4O3S/c15-8-5-9-10(20-12(24)11(23)19-9)21-13(8)26-22-6-1-3-7(4-2-6)25-14(16,17)18/h1-5,22H,(H,19,23)(H,20,21,24). The number of nitrogens with zero attached hydrogens (tertiary/aromatic N) is 1. The van der Waals surface area contributed by atoms with Gasteiger partial charge in [-0.3, -0.25) is 9.59 Å². The van der Waals surface area contributed by atoms with Crippen molar-refractivity contribution in [1.29, 1.82) is 0 Å². The SMILES string of the molecule is O=c1[nH]c2cc(Br)c(SNc3ccc(OC(F)(F)F)cc3)nc2[nH]c1=O. The molecule has 0 fully saturated rings. The molecule has 0 aliphatic carbocycles. The highest BCUT2D eigenvalue weighted by Gasteiger charge is 2.30. The van der Waals surface area contributed by atoms with E-state index in [1.54, 1.807) is 6.07 Å². The minimum Gasteiger partial charge on any atom is -0.406 e. The summed E-state index contributed by atoms with van der Waals surface area (Å²) in [5, 5.41) is 0.441. The molecule has 2 aromatic heterocycles. The minimum atomic E-state index is -4.75. The van der Waals surface area contributed by atoms with Crippen molar-refractivity contribution in [2.45, 2.75) is 11.4 Å². The second-order valence-electron chi connectivity index (χ2n) is 4.86. The summed E-state index contributed by atoms with van der Waals surface area (Å²) in [6.45, 7) is 0. The lowest BCUT2D eigenvalue weighted by Crippen LogP contribution is -2.29. The molecule has 3 N–H and O–H groups in total. The summed E-state index contributed by atoms with van der Waals surface area (Å²) < 4.78 is 43.6. The van der Waals surface area contributed by atoms with Crippen LogP contribution in [0.1, 0.15) is 0 Å². The van der Waals surface area contributed by atoms with Gasteiger partial charge in [-0.2, -0.15) is 0 Å². The molecule has 0 aliphatic rings. The zero-order valence-corrected chi connectivity index (χ0v) is 14.9. The number of benzene rings is 1. The van der Waals surface area contributed by atoms with E-state index in [1.165, 1.54) is 24.3 Å². The second kappa shape index (κ2) is 7.03. The predicted octanol–water partition coefficient (Wildman–Crippen LogP) is 3.39. The number of halogens is 4. The topological polar surface area (TPSA) is 99.9 Å². The summed E-state index contributed by atoms with van der Waals surface area (Å²) in [4.78, 5) is 31.7. The van der Waals surface area contributed by atoms with E-state index >= 15 is 0 Å². The Morgan fingerprint density at radius 1 is 1.12 bits per heavy atom. The molecule has 0 amide bonds. The molecule has 3 aromatic rings. The maximum Gasteiger partial charge on any atom is 0.573 e. The van der Waals surface area contributed by atoms with Gasteiger partial charge in [0.1, 0.15) is 10.8 Å². The van der Waals surface area contributed by atoms with Crippen molar-refractivity contribution in [2.75, 3.05) is 4.72 Å². The van der Waals surface area contributed by atoms with E-state index in [-0.39, 0.29) is 11.4 Å². The fraction of sp³-hybridized carbons (Fsp3) is 0.0714. The number of pyridine rings is 1. The van der Waals surface area contributed by atoms with Crippen LogP contribution in [0.4, 0.5) is 18.9 Å². The van der Waals surface area contributed by atoms with Crippen LogP contribution in [0.5, 0.6) is 5.75 Å². The number of hydrogen-bond acceptors (Lipinski definition) is 6. The predicted molar refractivity (Wildman–Crippen MR) is 93.3 cm³/mol. The molecule has 136 valence electrons. The van der Waals surface area contributed by atoms with E-state index in [0.717, 1.165) is 11.9 Å². The maximum absolute atomic E-state index is 12.1. The van der Waals surface area contributed by atoms with Crippen LogP contribution < -0.4 is 20.6 Å².